The molecule has 0 fully saturated rings. The first-order chi connectivity index (χ1) is 9.04. The molecule has 0 aromatic heterocycles. The lowest BCUT2D eigenvalue weighted by Crippen LogP contribution is -2.04. The summed E-state index contributed by atoms with van der Waals surface area (Å²) in [5, 5.41) is 19.5. The van der Waals surface area contributed by atoms with Gasteiger partial charge in [0, 0.05) is 0 Å². The highest BCUT2D eigenvalue weighted by Crippen LogP contribution is 2.24. The normalized spacial score (nSPS) is 10.3. The Hall–Kier alpha value is -2.62. The first-order valence-electron chi connectivity index (χ1n) is 5.67. The van der Waals surface area contributed by atoms with E-state index in [-0.39, 0.29) is 11.1 Å². The molecule has 4 heteroatoms. The van der Waals surface area contributed by atoms with Crippen LogP contribution >= 0.6 is 0 Å². The number of fused-ring (bicyclic) bond motifs is 1. The molecule has 0 amide bonds. The Morgan fingerprint density at radius 1 is 1.11 bits per heavy atom. The number of rotatable bonds is 4. The van der Waals surface area contributed by atoms with Crippen molar-refractivity contribution in [1.82, 2.24) is 0 Å². The van der Waals surface area contributed by atoms with Crippen LogP contribution < -0.4 is 0 Å². The van der Waals surface area contributed by atoms with E-state index in [0.29, 0.717) is 22.8 Å². The van der Waals surface area contributed by atoms with Gasteiger partial charge in [-0.15, -0.1) is 6.58 Å². The van der Waals surface area contributed by atoms with E-state index < -0.39 is 11.9 Å². The van der Waals surface area contributed by atoms with E-state index in [9.17, 15) is 14.7 Å². The molecule has 0 aliphatic carbocycles. The lowest BCUT2D eigenvalue weighted by molar-refractivity contribution is 0.0687. The third kappa shape index (κ3) is 2.33. The van der Waals surface area contributed by atoms with E-state index in [4.69, 9.17) is 5.11 Å². The van der Waals surface area contributed by atoms with Gasteiger partial charge in [0.15, 0.2) is 0 Å². The molecular weight excluding hydrogens is 244 g/mol. The van der Waals surface area contributed by atoms with Gasteiger partial charge >= 0.3 is 11.9 Å². The number of benzene rings is 2. The highest BCUT2D eigenvalue weighted by Gasteiger charge is 2.14. The first-order valence-corrected chi connectivity index (χ1v) is 5.67. The van der Waals surface area contributed by atoms with Gasteiger partial charge in [0.2, 0.25) is 0 Å². The predicted octanol–water partition coefficient (Wildman–Crippen LogP) is 2.96. The highest BCUT2D eigenvalue weighted by molar-refractivity contribution is 6.06. The van der Waals surface area contributed by atoms with E-state index in [1.54, 1.807) is 24.3 Å². The van der Waals surface area contributed by atoms with Crippen LogP contribution in [0.5, 0.6) is 0 Å². The van der Waals surface area contributed by atoms with E-state index in [1.807, 2.05) is 0 Å². The Morgan fingerprint density at radius 2 is 1.79 bits per heavy atom. The van der Waals surface area contributed by atoms with E-state index in [1.165, 1.54) is 12.1 Å². The zero-order chi connectivity index (χ0) is 14.0. The van der Waals surface area contributed by atoms with Crippen molar-refractivity contribution < 1.29 is 19.8 Å². The molecule has 0 radical (unpaired) electrons. The van der Waals surface area contributed by atoms with Crippen LogP contribution in [0.4, 0.5) is 0 Å². The second kappa shape index (κ2) is 4.94. The van der Waals surface area contributed by atoms with Crippen molar-refractivity contribution in [1.29, 1.82) is 0 Å². The lowest BCUT2D eigenvalue weighted by atomic mass is 9.96. The number of hydrogen-bond acceptors (Lipinski definition) is 2. The van der Waals surface area contributed by atoms with Crippen molar-refractivity contribution in [2.75, 3.05) is 0 Å². The third-order valence-corrected chi connectivity index (χ3v) is 2.93. The fourth-order valence-electron chi connectivity index (χ4n) is 2.08. The standard InChI is InChI=1S/C15H12O4/c1-2-4-9-7-12-10(8-13(9)15(18)19)5-3-6-11(12)14(16)17/h2-3,5-8H,1,4H2,(H,16,17)(H,18,19). The average Bonchev–Trinajstić information content (AvgIpc) is 2.37. The summed E-state index contributed by atoms with van der Waals surface area (Å²) in [7, 11) is 0. The zero-order valence-electron chi connectivity index (χ0n) is 10.1. The molecule has 96 valence electrons. The molecule has 2 rings (SSSR count). The molecule has 0 unspecified atom stereocenters. The smallest absolute Gasteiger partial charge is 0.336 e. The van der Waals surface area contributed by atoms with Crippen molar-refractivity contribution in [2.45, 2.75) is 6.42 Å². The topological polar surface area (TPSA) is 74.6 Å². The molecule has 0 heterocycles. The molecule has 0 aliphatic rings. The zero-order valence-corrected chi connectivity index (χ0v) is 10.1. The van der Waals surface area contributed by atoms with E-state index in [2.05, 4.69) is 6.58 Å². The monoisotopic (exact) mass is 256 g/mol. The molecule has 2 aromatic rings. The molecule has 2 N–H and O–H groups in total. The Morgan fingerprint density at radius 3 is 2.37 bits per heavy atom. The van der Waals surface area contributed by atoms with Gasteiger partial charge in [-0.25, -0.2) is 9.59 Å². The summed E-state index contributed by atoms with van der Waals surface area (Å²) >= 11 is 0. The molecule has 0 spiro atoms. The summed E-state index contributed by atoms with van der Waals surface area (Å²) in [6.45, 7) is 3.58. The van der Waals surface area contributed by atoms with Gasteiger partial charge in [0.25, 0.3) is 0 Å². The Kier molecular flexibility index (Phi) is 3.33. The molecule has 2 aromatic carbocycles. The number of hydrogen-bond donors (Lipinski definition) is 2. The molecule has 4 nitrogen and oxygen atoms in total. The minimum atomic E-state index is -1.03. The maximum Gasteiger partial charge on any atom is 0.336 e. The first kappa shape index (κ1) is 12.8. The summed E-state index contributed by atoms with van der Waals surface area (Å²) in [5.41, 5.74) is 0.901. The van der Waals surface area contributed by atoms with Gasteiger partial charge in [-0.1, -0.05) is 18.2 Å². The van der Waals surface area contributed by atoms with Crippen LogP contribution in [0.2, 0.25) is 0 Å². The minimum absolute atomic E-state index is 0.166. The second-order valence-corrected chi connectivity index (χ2v) is 4.14. The maximum absolute atomic E-state index is 11.2. The van der Waals surface area contributed by atoms with Crippen LogP contribution in [0.3, 0.4) is 0 Å². The second-order valence-electron chi connectivity index (χ2n) is 4.14. The van der Waals surface area contributed by atoms with Crippen LogP contribution in [0.25, 0.3) is 10.8 Å². The molecular formula is C15H12O4. The van der Waals surface area contributed by atoms with Crippen molar-refractivity contribution >= 4 is 22.7 Å². The fourth-order valence-corrected chi connectivity index (χ4v) is 2.08. The van der Waals surface area contributed by atoms with Crippen LogP contribution in [-0.2, 0) is 6.42 Å². The van der Waals surface area contributed by atoms with Crippen molar-refractivity contribution in [2.24, 2.45) is 0 Å². The lowest BCUT2D eigenvalue weighted by Gasteiger charge is -2.08. The quantitative estimate of drug-likeness (QED) is 0.825. The Bertz CT molecular complexity index is 686. The third-order valence-electron chi connectivity index (χ3n) is 2.93. The van der Waals surface area contributed by atoms with Gasteiger partial charge in [0.05, 0.1) is 11.1 Å². The summed E-state index contributed by atoms with van der Waals surface area (Å²) in [6.07, 6.45) is 1.97. The molecule has 0 saturated heterocycles. The number of carboxylic acids is 2. The summed E-state index contributed by atoms with van der Waals surface area (Å²) in [6, 6.07) is 7.92. The summed E-state index contributed by atoms with van der Waals surface area (Å²) in [5.74, 6) is -2.06. The summed E-state index contributed by atoms with van der Waals surface area (Å²) < 4.78 is 0. The van der Waals surface area contributed by atoms with Crippen molar-refractivity contribution in [3.8, 4) is 0 Å². The molecule has 0 saturated carbocycles. The van der Waals surface area contributed by atoms with Crippen molar-refractivity contribution in [3.63, 3.8) is 0 Å². The number of aromatic carboxylic acids is 2. The molecule has 0 bridgehead atoms. The largest absolute Gasteiger partial charge is 0.478 e. The van der Waals surface area contributed by atoms with Crippen LogP contribution in [0, 0.1) is 0 Å². The number of allylic oxidation sites excluding steroid dienone is 1. The van der Waals surface area contributed by atoms with Gasteiger partial charge in [-0.2, -0.15) is 0 Å². The van der Waals surface area contributed by atoms with Gasteiger partial charge in [-0.05, 0) is 41.0 Å². The SMILES string of the molecule is C=CCc1cc2c(C(=O)O)cccc2cc1C(=O)O. The minimum Gasteiger partial charge on any atom is -0.478 e. The van der Waals surface area contributed by atoms with Gasteiger partial charge in [-0.3, -0.25) is 0 Å². The Labute approximate surface area is 109 Å². The highest BCUT2D eigenvalue weighted by atomic mass is 16.4. The number of carbonyl (C=O) groups is 2. The average molecular weight is 256 g/mol. The van der Waals surface area contributed by atoms with E-state index >= 15 is 0 Å². The maximum atomic E-state index is 11.2. The van der Waals surface area contributed by atoms with Gasteiger partial charge < -0.3 is 10.2 Å². The molecule has 19 heavy (non-hydrogen) atoms. The van der Waals surface area contributed by atoms with Crippen LogP contribution in [-0.4, -0.2) is 22.2 Å². The van der Waals surface area contributed by atoms with Gasteiger partial charge in [0.1, 0.15) is 0 Å². The van der Waals surface area contributed by atoms with E-state index in [0.717, 1.165) is 0 Å². The molecule has 0 atom stereocenters. The van der Waals surface area contributed by atoms with Crippen LogP contribution in [0.15, 0.2) is 43.0 Å². The number of carboxylic acid groups (broad SMARTS) is 2. The van der Waals surface area contributed by atoms with Crippen molar-refractivity contribution in [3.05, 3.63) is 59.7 Å². The Balaban J connectivity index is 2.80. The molecule has 0 aliphatic heterocycles. The van der Waals surface area contributed by atoms with Crippen LogP contribution in [0.1, 0.15) is 26.3 Å². The summed E-state index contributed by atoms with van der Waals surface area (Å²) in [4.78, 5) is 22.4. The predicted molar refractivity (Wildman–Crippen MR) is 71.8 cm³/mol. The fraction of sp³-hybridized carbons (Fsp3) is 0.0667.